The highest BCUT2D eigenvalue weighted by Crippen LogP contribution is 2.50. The lowest BCUT2D eigenvalue weighted by Gasteiger charge is -2.31. The molecule has 4 atom stereocenters. The van der Waals surface area contributed by atoms with Gasteiger partial charge < -0.3 is 14.6 Å². The van der Waals surface area contributed by atoms with E-state index in [0.29, 0.717) is 32.6 Å². The summed E-state index contributed by atoms with van der Waals surface area (Å²) >= 11 is 1.56. The second kappa shape index (κ2) is 11.5. The van der Waals surface area contributed by atoms with Crippen molar-refractivity contribution in [1.29, 1.82) is 0 Å². The molecule has 0 spiro atoms. The van der Waals surface area contributed by atoms with Crippen LogP contribution in [0.2, 0.25) is 0 Å². The van der Waals surface area contributed by atoms with Crippen LogP contribution in [0.5, 0.6) is 5.75 Å². The lowest BCUT2D eigenvalue weighted by Crippen LogP contribution is -2.35. The molecule has 2 amide bonds. The number of phenolic OH excluding ortho intramolecular Hbond substituents is 1. The molecular weight excluding hydrogens is 524 g/mol. The van der Waals surface area contributed by atoms with Gasteiger partial charge >= 0.3 is 0 Å². The van der Waals surface area contributed by atoms with E-state index in [4.69, 9.17) is 9.47 Å². The minimum Gasteiger partial charge on any atom is -0.508 e. The van der Waals surface area contributed by atoms with E-state index in [2.05, 4.69) is 11.1 Å². The molecule has 1 N–H and O–H groups in total. The third-order valence-corrected chi connectivity index (χ3v) is 9.08. The highest BCUT2D eigenvalue weighted by molar-refractivity contribution is 7.09. The van der Waals surface area contributed by atoms with Crippen LogP contribution in [0.15, 0.2) is 77.3 Å². The molecule has 0 saturated carbocycles. The molecule has 4 heterocycles. The van der Waals surface area contributed by atoms with Crippen LogP contribution in [0, 0.1) is 17.8 Å². The van der Waals surface area contributed by atoms with Crippen molar-refractivity contribution in [1.82, 2.24) is 9.88 Å². The number of allylic oxidation sites excluding steroid dienone is 1. The zero-order valence-electron chi connectivity index (χ0n) is 22.4. The summed E-state index contributed by atoms with van der Waals surface area (Å²) in [7, 11) is 1.67. The molecule has 2 saturated heterocycles. The molecule has 2 aliphatic heterocycles. The van der Waals surface area contributed by atoms with E-state index >= 15 is 0 Å². The van der Waals surface area contributed by atoms with Crippen LogP contribution in [0.25, 0.3) is 11.6 Å². The Kier molecular flexibility index (Phi) is 7.65. The number of phenols is 1. The van der Waals surface area contributed by atoms with E-state index in [9.17, 15) is 14.7 Å². The van der Waals surface area contributed by atoms with Crippen LogP contribution in [-0.4, -0.2) is 53.2 Å². The molecule has 2 fully saturated rings. The van der Waals surface area contributed by atoms with Crippen molar-refractivity contribution in [2.45, 2.75) is 31.9 Å². The molecule has 8 heteroatoms. The smallest absolute Gasteiger partial charge is 0.234 e. The minimum absolute atomic E-state index is 0.0752. The van der Waals surface area contributed by atoms with Gasteiger partial charge in [0.2, 0.25) is 11.8 Å². The van der Waals surface area contributed by atoms with Crippen molar-refractivity contribution >= 4 is 34.8 Å². The zero-order chi connectivity index (χ0) is 27.6. The van der Waals surface area contributed by atoms with Crippen molar-refractivity contribution in [2.75, 3.05) is 20.3 Å². The second-order valence-electron chi connectivity index (χ2n) is 10.6. The van der Waals surface area contributed by atoms with E-state index in [0.717, 1.165) is 39.3 Å². The summed E-state index contributed by atoms with van der Waals surface area (Å²) in [4.78, 5) is 34.1. The summed E-state index contributed by atoms with van der Waals surface area (Å²) in [5.74, 6) is -0.771. The standard InChI is InChI=1S/C32H32N2O5S/c1-38-18-22-16-25-30(32(37)34(31(25)36)17-24-5-4-14-40-24)26-19-39-28(29(22)26)12-9-21(27-6-2-3-13-33-27)15-20-7-10-23(35)11-8-20/h2-8,10-11,13-15,25-26,28,30,35H,9,12,16-19H2,1H3/b21-15-/t25-,26+,28-,30-/m1/s1. The molecule has 3 aromatic rings. The molecule has 1 aromatic carbocycles. The number of imide groups is 1. The van der Waals surface area contributed by atoms with Gasteiger partial charge in [-0.15, -0.1) is 11.3 Å². The van der Waals surface area contributed by atoms with Gasteiger partial charge in [-0.2, -0.15) is 0 Å². The van der Waals surface area contributed by atoms with Gasteiger partial charge in [0, 0.05) is 24.1 Å². The Morgan fingerprint density at radius 3 is 2.70 bits per heavy atom. The van der Waals surface area contributed by atoms with E-state index in [-0.39, 0.29) is 41.4 Å². The summed E-state index contributed by atoms with van der Waals surface area (Å²) in [5, 5.41) is 11.7. The number of pyridine rings is 1. The number of hydrogen-bond acceptors (Lipinski definition) is 7. The fraction of sp³-hybridized carbons (Fsp3) is 0.344. The maximum Gasteiger partial charge on any atom is 0.234 e. The summed E-state index contributed by atoms with van der Waals surface area (Å²) in [6, 6.07) is 16.9. The molecule has 0 radical (unpaired) electrons. The lowest BCUT2D eigenvalue weighted by atomic mass is 9.69. The number of carbonyl (C=O) groups is 2. The average molecular weight is 557 g/mol. The molecule has 0 bridgehead atoms. The summed E-state index contributed by atoms with van der Waals surface area (Å²) in [5.41, 5.74) is 5.17. The molecule has 2 aromatic heterocycles. The second-order valence-corrected chi connectivity index (χ2v) is 11.6. The van der Waals surface area contributed by atoms with Gasteiger partial charge in [0.15, 0.2) is 0 Å². The van der Waals surface area contributed by atoms with Crippen LogP contribution in [0.1, 0.15) is 35.4 Å². The number of nitrogens with zero attached hydrogens (tertiary/aromatic N) is 2. The number of thiophene rings is 1. The monoisotopic (exact) mass is 556 g/mol. The van der Waals surface area contributed by atoms with Gasteiger partial charge in [-0.3, -0.25) is 19.5 Å². The fourth-order valence-corrected chi connectivity index (χ4v) is 7.14. The molecule has 6 rings (SSSR count). The van der Waals surface area contributed by atoms with Crippen LogP contribution >= 0.6 is 11.3 Å². The molecule has 1 aliphatic carbocycles. The largest absolute Gasteiger partial charge is 0.508 e. The summed E-state index contributed by atoms with van der Waals surface area (Å²) in [6.07, 6.45) is 5.69. The Hall–Kier alpha value is -3.59. The first kappa shape index (κ1) is 26.6. The number of likely N-dealkylation sites (tertiary alicyclic amines) is 1. The highest BCUT2D eigenvalue weighted by atomic mass is 32.1. The quantitative estimate of drug-likeness (QED) is 0.283. The predicted octanol–water partition coefficient (Wildman–Crippen LogP) is 5.33. The number of methoxy groups -OCH3 is 1. The number of fused-ring (bicyclic) bond motifs is 3. The number of ether oxygens (including phenoxy) is 2. The lowest BCUT2D eigenvalue weighted by molar-refractivity contribution is -0.140. The Bertz CT molecular complexity index is 1430. The van der Waals surface area contributed by atoms with Gasteiger partial charge in [0.1, 0.15) is 5.75 Å². The first-order chi connectivity index (χ1) is 19.5. The molecular formula is C32H32N2O5S. The maximum atomic E-state index is 13.6. The number of benzene rings is 1. The predicted molar refractivity (Wildman–Crippen MR) is 153 cm³/mol. The van der Waals surface area contributed by atoms with Gasteiger partial charge in [0.05, 0.1) is 43.4 Å². The van der Waals surface area contributed by atoms with Crippen molar-refractivity contribution in [3.63, 3.8) is 0 Å². The SMILES string of the molecule is COCC1=C2[C@@H](CC/C(=C/c3ccc(O)cc3)c3ccccn3)OC[C@@H]2[C@@H]2C(=O)N(Cc3cccs3)C(=O)[C@@H]2C1. The first-order valence-corrected chi connectivity index (χ1v) is 14.5. The number of aromatic hydroxyl groups is 1. The van der Waals surface area contributed by atoms with E-state index in [1.165, 1.54) is 4.90 Å². The van der Waals surface area contributed by atoms with Gasteiger partial charge in [-0.1, -0.05) is 24.3 Å². The minimum atomic E-state index is -0.379. The molecule has 0 unspecified atom stereocenters. The van der Waals surface area contributed by atoms with Crippen molar-refractivity contribution in [2.24, 2.45) is 17.8 Å². The Morgan fingerprint density at radius 2 is 1.98 bits per heavy atom. The van der Waals surface area contributed by atoms with Gasteiger partial charge in [-0.05, 0) is 83.3 Å². The van der Waals surface area contributed by atoms with Gasteiger partial charge in [0.25, 0.3) is 0 Å². The Labute approximate surface area is 237 Å². The van der Waals surface area contributed by atoms with Crippen LogP contribution in [0.4, 0.5) is 0 Å². The van der Waals surface area contributed by atoms with Crippen molar-refractivity contribution in [3.05, 3.63) is 93.5 Å². The third kappa shape index (κ3) is 5.14. The van der Waals surface area contributed by atoms with E-state index < -0.39 is 0 Å². The molecule has 206 valence electrons. The fourth-order valence-electron chi connectivity index (χ4n) is 6.44. The Balaban J connectivity index is 1.25. The van der Waals surface area contributed by atoms with Crippen LogP contribution < -0.4 is 0 Å². The number of aromatic nitrogens is 1. The molecule has 40 heavy (non-hydrogen) atoms. The first-order valence-electron chi connectivity index (χ1n) is 13.6. The summed E-state index contributed by atoms with van der Waals surface area (Å²) < 4.78 is 12.0. The summed E-state index contributed by atoms with van der Waals surface area (Å²) in [6.45, 7) is 1.20. The van der Waals surface area contributed by atoms with Crippen molar-refractivity contribution < 1.29 is 24.2 Å². The zero-order valence-corrected chi connectivity index (χ0v) is 23.2. The number of rotatable bonds is 9. The van der Waals surface area contributed by atoms with Crippen LogP contribution in [-0.2, 0) is 25.6 Å². The van der Waals surface area contributed by atoms with Crippen LogP contribution in [0.3, 0.4) is 0 Å². The van der Waals surface area contributed by atoms with E-state index in [1.807, 2.05) is 47.8 Å². The number of hydrogen-bond donors (Lipinski definition) is 1. The average Bonchev–Trinajstić information content (AvgIpc) is 3.69. The van der Waals surface area contributed by atoms with E-state index in [1.54, 1.807) is 36.8 Å². The molecule has 3 aliphatic rings. The topological polar surface area (TPSA) is 89.0 Å². The maximum absolute atomic E-state index is 13.6. The van der Waals surface area contributed by atoms with Crippen molar-refractivity contribution in [3.8, 4) is 5.75 Å². The van der Waals surface area contributed by atoms with Gasteiger partial charge in [-0.25, -0.2) is 0 Å². The Morgan fingerprint density at radius 1 is 1.12 bits per heavy atom. The highest BCUT2D eigenvalue weighted by Gasteiger charge is 2.56. The number of carbonyl (C=O) groups excluding carboxylic acids is 2. The number of amides is 2. The third-order valence-electron chi connectivity index (χ3n) is 8.22. The molecule has 7 nitrogen and oxygen atoms in total. The normalized spacial score (nSPS) is 24.5.